The van der Waals surface area contributed by atoms with E-state index >= 15 is 0 Å². The maximum absolute atomic E-state index is 12.1. The van der Waals surface area contributed by atoms with E-state index in [9.17, 15) is 13.6 Å². The lowest BCUT2D eigenvalue weighted by Gasteiger charge is -2.15. The largest absolute Gasteiger partial charge is 0.435 e. The Morgan fingerprint density at radius 1 is 1.36 bits per heavy atom. The van der Waals surface area contributed by atoms with Crippen molar-refractivity contribution in [3.05, 3.63) is 42.5 Å². The number of nitrogens with zero attached hydrogens (tertiary/aromatic N) is 3. The van der Waals surface area contributed by atoms with Crippen LogP contribution in [0.1, 0.15) is 24.9 Å². The van der Waals surface area contributed by atoms with E-state index in [1.54, 1.807) is 23.1 Å². The van der Waals surface area contributed by atoms with E-state index in [-0.39, 0.29) is 24.1 Å². The highest BCUT2D eigenvalue weighted by Gasteiger charge is 2.11. The Hall–Kier alpha value is -2.51. The Kier molecular flexibility index (Phi) is 5.40. The van der Waals surface area contributed by atoms with Gasteiger partial charge in [-0.1, -0.05) is 12.1 Å². The lowest BCUT2D eigenvalue weighted by molar-refractivity contribution is -0.122. The average Bonchev–Trinajstić information content (AvgIpc) is 2.98. The molecule has 0 saturated carbocycles. The molecule has 2 aromatic rings. The molecule has 0 saturated heterocycles. The van der Waals surface area contributed by atoms with Gasteiger partial charge in [0.05, 0.1) is 12.6 Å². The number of hydrogen-bond acceptors (Lipinski definition) is 4. The SMILES string of the molecule is CC(NC(=O)CCn1cncn1)c1ccc(OC(F)F)cc1. The molecule has 0 aliphatic rings. The first kappa shape index (κ1) is 15.9. The number of carbonyl (C=O) groups excluding carboxylic acids is 1. The molecule has 118 valence electrons. The van der Waals surface area contributed by atoms with Crippen LogP contribution in [0.15, 0.2) is 36.9 Å². The summed E-state index contributed by atoms with van der Waals surface area (Å²) in [4.78, 5) is 15.6. The summed E-state index contributed by atoms with van der Waals surface area (Å²) in [5.74, 6) is -0.0423. The van der Waals surface area contributed by atoms with Gasteiger partial charge in [-0.2, -0.15) is 13.9 Å². The molecule has 1 heterocycles. The quantitative estimate of drug-likeness (QED) is 0.851. The minimum Gasteiger partial charge on any atom is -0.435 e. The molecular formula is C14H16F2N4O2. The first-order chi connectivity index (χ1) is 10.5. The molecule has 8 heteroatoms. The van der Waals surface area contributed by atoms with Gasteiger partial charge < -0.3 is 10.1 Å². The normalized spacial score (nSPS) is 12.2. The lowest BCUT2D eigenvalue weighted by atomic mass is 10.1. The Morgan fingerprint density at radius 2 is 2.09 bits per heavy atom. The standard InChI is InChI=1S/C14H16F2N4O2/c1-10(11-2-4-12(5-3-11)22-14(15)16)19-13(21)6-7-20-9-17-8-18-20/h2-5,8-10,14H,6-7H2,1H3,(H,19,21). The molecule has 1 unspecified atom stereocenters. The Morgan fingerprint density at radius 3 is 2.68 bits per heavy atom. The van der Waals surface area contributed by atoms with Crippen LogP contribution in [0.4, 0.5) is 8.78 Å². The maximum Gasteiger partial charge on any atom is 0.387 e. The number of halogens is 2. The van der Waals surface area contributed by atoms with Crippen molar-refractivity contribution in [2.45, 2.75) is 32.5 Å². The third-order valence-electron chi connectivity index (χ3n) is 3.02. The first-order valence-electron chi connectivity index (χ1n) is 6.71. The van der Waals surface area contributed by atoms with Crippen LogP contribution in [0.2, 0.25) is 0 Å². The van der Waals surface area contributed by atoms with E-state index in [0.29, 0.717) is 6.54 Å². The fourth-order valence-electron chi connectivity index (χ4n) is 1.90. The van der Waals surface area contributed by atoms with Gasteiger partial charge in [0.1, 0.15) is 18.4 Å². The van der Waals surface area contributed by atoms with Crippen molar-refractivity contribution in [2.24, 2.45) is 0 Å². The van der Waals surface area contributed by atoms with Crippen LogP contribution in [-0.2, 0) is 11.3 Å². The van der Waals surface area contributed by atoms with Crippen molar-refractivity contribution in [3.8, 4) is 5.75 Å². The van der Waals surface area contributed by atoms with E-state index < -0.39 is 6.61 Å². The van der Waals surface area contributed by atoms with Gasteiger partial charge in [-0.05, 0) is 24.6 Å². The number of ether oxygens (including phenoxy) is 1. The summed E-state index contributed by atoms with van der Waals surface area (Å²) in [5, 5.41) is 6.74. The molecule has 0 aliphatic carbocycles. The van der Waals surface area contributed by atoms with Gasteiger partial charge in [0.15, 0.2) is 0 Å². The molecule has 6 nitrogen and oxygen atoms in total. The van der Waals surface area contributed by atoms with Gasteiger partial charge in [-0.15, -0.1) is 0 Å². The number of carbonyl (C=O) groups is 1. The lowest BCUT2D eigenvalue weighted by Crippen LogP contribution is -2.27. The van der Waals surface area contributed by atoms with Crippen LogP contribution in [-0.4, -0.2) is 27.3 Å². The molecule has 0 bridgehead atoms. The summed E-state index contributed by atoms with van der Waals surface area (Å²) in [6.45, 7) is -0.587. The predicted octanol–water partition coefficient (Wildman–Crippen LogP) is 2.15. The average molecular weight is 310 g/mol. The topological polar surface area (TPSA) is 69.0 Å². The van der Waals surface area contributed by atoms with E-state index in [4.69, 9.17) is 0 Å². The number of aromatic nitrogens is 3. The van der Waals surface area contributed by atoms with Crippen molar-refractivity contribution in [1.82, 2.24) is 20.1 Å². The van der Waals surface area contributed by atoms with Gasteiger partial charge in [-0.25, -0.2) is 4.98 Å². The molecule has 0 fully saturated rings. The zero-order valence-corrected chi connectivity index (χ0v) is 11.9. The van der Waals surface area contributed by atoms with Crippen molar-refractivity contribution in [3.63, 3.8) is 0 Å². The molecular weight excluding hydrogens is 294 g/mol. The number of aryl methyl sites for hydroxylation is 1. The van der Waals surface area contributed by atoms with Crippen LogP contribution in [0.5, 0.6) is 5.75 Å². The second kappa shape index (κ2) is 7.48. The van der Waals surface area contributed by atoms with Crippen LogP contribution < -0.4 is 10.1 Å². The van der Waals surface area contributed by atoms with Crippen LogP contribution >= 0.6 is 0 Å². The molecule has 1 atom stereocenters. The molecule has 1 aromatic heterocycles. The van der Waals surface area contributed by atoms with Crippen LogP contribution in [0, 0.1) is 0 Å². The highest BCUT2D eigenvalue weighted by Crippen LogP contribution is 2.19. The van der Waals surface area contributed by atoms with Crippen molar-refractivity contribution >= 4 is 5.91 Å². The van der Waals surface area contributed by atoms with Crippen molar-refractivity contribution in [2.75, 3.05) is 0 Å². The fraction of sp³-hybridized carbons (Fsp3) is 0.357. The zero-order chi connectivity index (χ0) is 15.9. The third-order valence-corrected chi connectivity index (χ3v) is 3.02. The van der Waals surface area contributed by atoms with Crippen molar-refractivity contribution < 1.29 is 18.3 Å². The van der Waals surface area contributed by atoms with Crippen LogP contribution in [0.3, 0.4) is 0 Å². The van der Waals surface area contributed by atoms with Gasteiger partial charge >= 0.3 is 6.61 Å². The first-order valence-corrected chi connectivity index (χ1v) is 6.71. The second-order valence-electron chi connectivity index (χ2n) is 4.65. The predicted molar refractivity (Wildman–Crippen MR) is 74.3 cm³/mol. The Bertz CT molecular complexity index is 587. The van der Waals surface area contributed by atoms with Crippen molar-refractivity contribution in [1.29, 1.82) is 0 Å². The van der Waals surface area contributed by atoms with Gasteiger partial charge in [0.25, 0.3) is 0 Å². The van der Waals surface area contributed by atoms with E-state index in [1.165, 1.54) is 18.5 Å². The third kappa shape index (κ3) is 4.80. The molecule has 1 aromatic carbocycles. The fourth-order valence-corrected chi connectivity index (χ4v) is 1.90. The minimum atomic E-state index is -2.85. The van der Waals surface area contributed by atoms with Gasteiger partial charge in [0.2, 0.25) is 5.91 Å². The number of benzene rings is 1. The van der Waals surface area contributed by atoms with Gasteiger partial charge in [0, 0.05) is 6.42 Å². The highest BCUT2D eigenvalue weighted by molar-refractivity contribution is 5.76. The van der Waals surface area contributed by atoms with Crippen LogP contribution in [0.25, 0.3) is 0 Å². The smallest absolute Gasteiger partial charge is 0.387 e. The molecule has 0 spiro atoms. The Balaban J connectivity index is 1.83. The summed E-state index contributed by atoms with van der Waals surface area (Å²) >= 11 is 0. The molecule has 1 amide bonds. The number of nitrogens with one attached hydrogen (secondary N) is 1. The van der Waals surface area contributed by atoms with E-state index in [1.807, 2.05) is 6.92 Å². The molecule has 0 radical (unpaired) electrons. The zero-order valence-electron chi connectivity index (χ0n) is 11.9. The molecule has 22 heavy (non-hydrogen) atoms. The number of alkyl halides is 2. The Labute approximate surface area is 126 Å². The minimum absolute atomic E-state index is 0.0865. The second-order valence-corrected chi connectivity index (χ2v) is 4.65. The molecule has 0 aliphatic heterocycles. The van der Waals surface area contributed by atoms with Gasteiger partial charge in [-0.3, -0.25) is 9.48 Å². The summed E-state index contributed by atoms with van der Waals surface area (Å²) in [7, 11) is 0. The number of amides is 1. The maximum atomic E-state index is 12.1. The number of hydrogen-bond donors (Lipinski definition) is 1. The summed E-state index contributed by atoms with van der Waals surface area (Å²) in [6, 6.07) is 5.93. The summed E-state index contributed by atoms with van der Waals surface area (Å²) in [5.41, 5.74) is 0.802. The summed E-state index contributed by atoms with van der Waals surface area (Å²) < 4.78 is 30.0. The van der Waals surface area contributed by atoms with E-state index in [0.717, 1.165) is 5.56 Å². The highest BCUT2D eigenvalue weighted by atomic mass is 19.3. The monoisotopic (exact) mass is 310 g/mol. The summed E-state index contributed by atoms with van der Waals surface area (Å²) in [6.07, 6.45) is 3.22. The molecule has 1 N–H and O–H groups in total. The number of rotatable bonds is 7. The molecule has 2 rings (SSSR count). The van der Waals surface area contributed by atoms with E-state index in [2.05, 4.69) is 20.1 Å².